The van der Waals surface area contributed by atoms with Crippen LogP contribution in [0.25, 0.3) is 22.3 Å². The van der Waals surface area contributed by atoms with E-state index in [1.54, 1.807) is 17.0 Å². The van der Waals surface area contributed by atoms with Gasteiger partial charge in [0.05, 0.1) is 42.4 Å². The van der Waals surface area contributed by atoms with Crippen LogP contribution in [0.1, 0.15) is 12.0 Å². The number of nitrogens with zero attached hydrogens (tertiary/aromatic N) is 4. The number of hydrogen-bond acceptors (Lipinski definition) is 7. The second-order valence-corrected chi connectivity index (χ2v) is 7.72. The smallest absolute Gasteiger partial charge is 0.319 e. The van der Waals surface area contributed by atoms with E-state index >= 15 is 0 Å². The van der Waals surface area contributed by atoms with Crippen molar-refractivity contribution in [3.05, 3.63) is 28.9 Å². The van der Waals surface area contributed by atoms with Crippen LogP contribution in [0.15, 0.2) is 18.3 Å². The quantitative estimate of drug-likeness (QED) is 0.567. The summed E-state index contributed by atoms with van der Waals surface area (Å²) in [5.41, 5.74) is 1.60. The largest absolute Gasteiger partial charge is 0.493 e. The first kappa shape index (κ1) is 22.0. The van der Waals surface area contributed by atoms with Crippen LogP contribution < -0.4 is 14.2 Å². The van der Waals surface area contributed by atoms with Gasteiger partial charge >= 0.3 is 6.01 Å². The van der Waals surface area contributed by atoms with Crippen LogP contribution in [0.3, 0.4) is 0 Å². The summed E-state index contributed by atoms with van der Waals surface area (Å²) < 4.78 is 43.1. The van der Waals surface area contributed by atoms with Crippen LogP contribution in [0.5, 0.6) is 17.5 Å². The number of aromatic nitrogens is 3. The average Bonchev–Trinajstić information content (AvgIpc) is 3.35. The highest BCUT2D eigenvalue weighted by atomic mass is 35.5. The normalized spacial score (nSPS) is 15.6. The minimum Gasteiger partial charge on any atom is -0.493 e. The standard InChI is InChI=1S/C21H20ClF2N5O3/c1-30-15-7-13(14(22)8-16(15)31-2)18-17-12(9-25)10-26-19(17)28-20(27-18)32-6-5-29-4-3-21(23,24)11-29/h7-8,10H,3-6,11H2,1-2H3,(H,26,27,28). The van der Waals surface area contributed by atoms with Gasteiger partial charge in [-0.3, -0.25) is 4.90 Å². The third kappa shape index (κ3) is 4.26. The lowest BCUT2D eigenvalue weighted by Gasteiger charge is -2.16. The van der Waals surface area contributed by atoms with Gasteiger partial charge in [0.1, 0.15) is 18.3 Å². The number of H-pyrrole nitrogens is 1. The highest BCUT2D eigenvalue weighted by Gasteiger charge is 2.37. The fraction of sp³-hybridized carbons (Fsp3) is 0.381. The number of alkyl halides is 2. The molecule has 0 bridgehead atoms. The van der Waals surface area contributed by atoms with Gasteiger partial charge in [0.15, 0.2) is 11.5 Å². The molecule has 0 atom stereocenters. The number of rotatable bonds is 7. The summed E-state index contributed by atoms with van der Waals surface area (Å²) in [4.78, 5) is 13.4. The highest BCUT2D eigenvalue weighted by Crippen LogP contribution is 2.40. The molecule has 32 heavy (non-hydrogen) atoms. The number of aromatic amines is 1. The number of hydrogen-bond donors (Lipinski definition) is 1. The van der Waals surface area contributed by atoms with Crippen molar-refractivity contribution in [1.29, 1.82) is 5.26 Å². The van der Waals surface area contributed by atoms with E-state index in [9.17, 15) is 14.0 Å². The van der Waals surface area contributed by atoms with E-state index in [2.05, 4.69) is 21.0 Å². The molecule has 1 saturated heterocycles. The Bertz CT molecular complexity index is 1190. The third-order valence-electron chi connectivity index (χ3n) is 5.25. The summed E-state index contributed by atoms with van der Waals surface area (Å²) in [7, 11) is 3.00. The minimum atomic E-state index is -2.66. The number of likely N-dealkylation sites (tertiary alicyclic amines) is 1. The first-order valence-electron chi connectivity index (χ1n) is 9.79. The lowest BCUT2D eigenvalue weighted by Crippen LogP contribution is -2.29. The molecule has 1 aromatic carbocycles. The number of ether oxygens (including phenoxy) is 3. The number of halogens is 3. The molecule has 8 nitrogen and oxygen atoms in total. The van der Waals surface area contributed by atoms with Gasteiger partial charge in [-0.25, -0.2) is 8.78 Å². The molecule has 0 amide bonds. The maximum atomic E-state index is 13.4. The first-order valence-corrected chi connectivity index (χ1v) is 10.2. The van der Waals surface area contributed by atoms with Crippen molar-refractivity contribution in [2.24, 2.45) is 0 Å². The van der Waals surface area contributed by atoms with E-state index in [0.29, 0.717) is 57.5 Å². The maximum Gasteiger partial charge on any atom is 0.319 e. The molecule has 1 aliphatic rings. The third-order valence-corrected chi connectivity index (χ3v) is 5.56. The van der Waals surface area contributed by atoms with Crippen molar-refractivity contribution in [2.75, 3.05) is 40.5 Å². The van der Waals surface area contributed by atoms with Gasteiger partial charge in [0.25, 0.3) is 5.92 Å². The zero-order valence-electron chi connectivity index (χ0n) is 17.4. The number of nitrogens with one attached hydrogen (secondary N) is 1. The monoisotopic (exact) mass is 463 g/mol. The van der Waals surface area contributed by atoms with Crippen molar-refractivity contribution in [1.82, 2.24) is 19.9 Å². The Morgan fingerprint density at radius 1 is 1.25 bits per heavy atom. The Labute approximate surface area is 187 Å². The van der Waals surface area contributed by atoms with Crippen molar-refractivity contribution < 1.29 is 23.0 Å². The Morgan fingerprint density at radius 2 is 2.00 bits per heavy atom. The average molecular weight is 464 g/mol. The Kier molecular flexibility index (Phi) is 6.04. The van der Waals surface area contributed by atoms with E-state index in [1.165, 1.54) is 20.4 Å². The first-order chi connectivity index (χ1) is 15.3. The number of nitriles is 1. The fourth-order valence-electron chi connectivity index (χ4n) is 3.66. The Balaban J connectivity index is 1.69. The molecule has 11 heteroatoms. The molecule has 0 radical (unpaired) electrons. The Hall–Kier alpha value is -3.16. The summed E-state index contributed by atoms with van der Waals surface area (Å²) in [6.07, 6.45) is 1.37. The zero-order valence-corrected chi connectivity index (χ0v) is 18.2. The molecular formula is C21H20ClF2N5O3. The van der Waals surface area contributed by atoms with Crippen molar-refractivity contribution in [3.63, 3.8) is 0 Å². The fourth-order valence-corrected chi connectivity index (χ4v) is 3.90. The topological polar surface area (TPSA) is 96.3 Å². The van der Waals surface area contributed by atoms with Gasteiger partial charge < -0.3 is 19.2 Å². The molecule has 1 N–H and O–H groups in total. The van der Waals surface area contributed by atoms with Gasteiger partial charge in [-0.1, -0.05) is 11.6 Å². The molecule has 168 valence electrons. The second kappa shape index (κ2) is 8.76. The van der Waals surface area contributed by atoms with Crippen molar-refractivity contribution in [3.8, 4) is 34.8 Å². The van der Waals surface area contributed by atoms with Gasteiger partial charge in [0, 0.05) is 37.3 Å². The predicted molar refractivity (Wildman–Crippen MR) is 114 cm³/mol. The van der Waals surface area contributed by atoms with Gasteiger partial charge in [-0.2, -0.15) is 15.2 Å². The second-order valence-electron chi connectivity index (χ2n) is 7.31. The zero-order chi connectivity index (χ0) is 22.9. The predicted octanol–water partition coefficient (Wildman–Crippen LogP) is 3.89. The molecule has 3 aromatic rings. The summed E-state index contributed by atoms with van der Waals surface area (Å²) in [6.45, 7) is 0.472. The van der Waals surface area contributed by atoms with Crippen LogP contribution in [-0.2, 0) is 0 Å². The minimum absolute atomic E-state index is 0.0376. The molecular weight excluding hydrogens is 444 g/mol. The van der Waals surface area contributed by atoms with Crippen LogP contribution in [0.4, 0.5) is 8.78 Å². The van der Waals surface area contributed by atoms with Crippen molar-refractivity contribution >= 4 is 22.6 Å². The van der Waals surface area contributed by atoms with E-state index in [0.717, 1.165) is 0 Å². The van der Waals surface area contributed by atoms with E-state index in [-0.39, 0.29) is 25.6 Å². The molecule has 0 spiro atoms. The highest BCUT2D eigenvalue weighted by molar-refractivity contribution is 6.34. The van der Waals surface area contributed by atoms with Crippen LogP contribution in [-0.4, -0.2) is 66.2 Å². The van der Waals surface area contributed by atoms with Gasteiger partial charge in [0.2, 0.25) is 0 Å². The van der Waals surface area contributed by atoms with Gasteiger partial charge in [-0.05, 0) is 6.07 Å². The van der Waals surface area contributed by atoms with Crippen molar-refractivity contribution in [2.45, 2.75) is 12.3 Å². The molecule has 0 saturated carbocycles. The molecule has 0 aliphatic carbocycles. The molecule has 4 rings (SSSR count). The summed E-state index contributed by atoms with van der Waals surface area (Å²) >= 11 is 6.50. The molecule has 2 aromatic heterocycles. The van der Waals surface area contributed by atoms with Crippen LogP contribution in [0.2, 0.25) is 5.02 Å². The summed E-state index contributed by atoms with van der Waals surface area (Å²) in [5.74, 6) is -1.78. The number of benzene rings is 1. The maximum absolute atomic E-state index is 13.4. The number of fused-ring (bicyclic) bond motifs is 1. The lowest BCUT2D eigenvalue weighted by molar-refractivity contribution is 0.0112. The van der Waals surface area contributed by atoms with E-state index in [4.69, 9.17) is 25.8 Å². The van der Waals surface area contributed by atoms with E-state index in [1.807, 2.05) is 0 Å². The van der Waals surface area contributed by atoms with Crippen LogP contribution in [0, 0.1) is 11.3 Å². The molecule has 1 fully saturated rings. The molecule has 0 unspecified atom stereocenters. The summed E-state index contributed by atoms with van der Waals surface area (Å²) in [5, 5.41) is 10.3. The van der Waals surface area contributed by atoms with Gasteiger partial charge in [-0.15, -0.1) is 0 Å². The van der Waals surface area contributed by atoms with Crippen LogP contribution >= 0.6 is 11.6 Å². The number of methoxy groups -OCH3 is 2. The Morgan fingerprint density at radius 3 is 2.66 bits per heavy atom. The molecule has 3 heterocycles. The lowest BCUT2D eigenvalue weighted by atomic mass is 10.1. The van der Waals surface area contributed by atoms with E-state index < -0.39 is 5.92 Å². The summed E-state index contributed by atoms with van der Waals surface area (Å²) in [6, 6.07) is 5.40. The molecule has 1 aliphatic heterocycles. The SMILES string of the molecule is COc1cc(Cl)c(-c2nc(OCCN3CCC(F)(F)C3)nc3[nH]cc(C#N)c23)cc1OC.